The summed E-state index contributed by atoms with van der Waals surface area (Å²) in [5.41, 5.74) is 0. The van der Waals surface area contributed by atoms with Gasteiger partial charge in [0, 0.05) is 19.0 Å². The van der Waals surface area contributed by atoms with Crippen molar-refractivity contribution in [1.82, 2.24) is 5.32 Å². The number of rotatable bonds is 2. The number of hydrogen-bond acceptors (Lipinski definition) is 3. The van der Waals surface area contributed by atoms with Crippen LogP contribution in [0, 0.1) is 5.92 Å². The molecule has 7 heteroatoms. The fourth-order valence-corrected chi connectivity index (χ4v) is 1.56. The summed E-state index contributed by atoms with van der Waals surface area (Å²) >= 11 is 0. The van der Waals surface area contributed by atoms with E-state index in [9.17, 15) is 13.2 Å². The molecule has 1 heterocycles. The van der Waals surface area contributed by atoms with Gasteiger partial charge in [0.05, 0.1) is 19.6 Å². The Hall–Kier alpha value is -0.820. The smallest absolute Gasteiger partial charge is 0.430 e. The third-order valence-corrected chi connectivity index (χ3v) is 2.24. The highest BCUT2D eigenvalue weighted by Gasteiger charge is 2.28. The van der Waals surface area contributed by atoms with Gasteiger partial charge in [0.2, 0.25) is 0 Å². The minimum absolute atomic E-state index is 0.855. The van der Waals surface area contributed by atoms with E-state index in [1.54, 1.807) is 4.90 Å². The fourth-order valence-electron chi connectivity index (χ4n) is 1.56. The lowest BCUT2D eigenvalue weighted by atomic mass is 10.2. The Morgan fingerprint density at radius 2 is 1.76 bits per heavy atom. The van der Waals surface area contributed by atoms with E-state index in [-0.39, 0.29) is 0 Å². The molecular weight excluding hydrogens is 237 g/mol. The highest BCUT2D eigenvalue weighted by Crippen LogP contribution is 2.11. The van der Waals surface area contributed by atoms with Crippen LogP contribution < -0.4 is 15.3 Å². The summed E-state index contributed by atoms with van der Waals surface area (Å²) in [4.78, 5) is 10.6. The van der Waals surface area contributed by atoms with Crippen LogP contribution in [0.4, 0.5) is 13.2 Å². The van der Waals surface area contributed by atoms with Gasteiger partial charge in [-0.25, -0.2) is 0 Å². The molecule has 1 aliphatic heterocycles. The Morgan fingerprint density at radius 1 is 1.35 bits per heavy atom. The summed E-state index contributed by atoms with van der Waals surface area (Å²) in [7, 11) is 0. The van der Waals surface area contributed by atoms with Crippen molar-refractivity contribution in [2.75, 3.05) is 32.7 Å². The number of carbonyl (C=O) groups is 1. The number of carboxylic acid groups (broad SMARTS) is 1. The van der Waals surface area contributed by atoms with Crippen LogP contribution >= 0.6 is 0 Å². The number of piperazine rings is 1. The minimum Gasteiger partial charge on any atom is -0.542 e. The Labute approximate surface area is 98.8 Å². The van der Waals surface area contributed by atoms with E-state index in [1.165, 1.54) is 32.7 Å². The fraction of sp³-hybridized carbons (Fsp3) is 0.900. The predicted molar refractivity (Wildman–Crippen MR) is 54.3 cm³/mol. The van der Waals surface area contributed by atoms with Crippen LogP contribution in [0.3, 0.4) is 0 Å². The molecule has 0 saturated carbocycles. The Bertz CT molecular complexity index is 226. The van der Waals surface area contributed by atoms with Crippen molar-refractivity contribution in [3.8, 4) is 0 Å². The van der Waals surface area contributed by atoms with Crippen molar-refractivity contribution in [1.29, 1.82) is 0 Å². The van der Waals surface area contributed by atoms with Gasteiger partial charge in [-0.15, -0.1) is 0 Å². The van der Waals surface area contributed by atoms with Gasteiger partial charge in [0.1, 0.15) is 5.97 Å². The van der Waals surface area contributed by atoms with Gasteiger partial charge in [-0.1, -0.05) is 13.8 Å². The molecule has 0 radical (unpaired) electrons. The maximum absolute atomic E-state index is 10.5. The monoisotopic (exact) mass is 256 g/mol. The van der Waals surface area contributed by atoms with Crippen molar-refractivity contribution < 1.29 is 28.0 Å². The van der Waals surface area contributed by atoms with Gasteiger partial charge >= 0.3 is 6.18 Å². The summed E-state index contributed by atoms with van der Waals surface area (Å²) in [5, 5.41) is 12.2. The first-order valence-corrected chi connectivity index (χ1v) is 5.56. The molecule has 1 rings (SSSR count). The van der Waals surface area contributed by atoms with Crippen molar-refractivity contribution in [3.63, 3.8) is 0 Å². The van der Waals surface area contributed by atoms with Crippen LogP contribution in [-0.2, 0) is 4.79 Å². The topological polar surface area (TPSA) is 56.6 Å². The molecule has 0 amide bonds. The van der Waals surface area contributed by atoms with Crippen molar-refractivity contribution in [3.05, 3.63) is 0 Å². The molecule has 0 atom stereocenters. The second kappa shape index (κ2) is 7.50. The number of quaternary nitrogens is 1. The SMILES string of the molecule is CC(C)C[NH+]1CCNCC1.O=C([O-])C(F)(F)F. The molecule has 1 aliphatic rings. The zero-order valence-corrected chi connectivity index (χ0v) is 10.1. The minimum atomic E-state index is -5.19. The average molecular weight is 256 g/mol. The first-order chi connectivity index (χ1) is 7.73. The molecule has 0 aromatic rings. The Kier molecular flexibility index (Phi) is 7.13. The number of alkyl halides is 3. The number of carbonyl (C=O) groups excluding carboxylic acids is 1. The Balaban J connectivity index is 0.000000325. The first kappa shape index (κ1) is 16.2. The van der Waals surface area contributed by atoms with E-state index in [0.717, 1.165) is 5.92 Å². The Morgan fingerprint density at radius 3 is 2.06 bits per heavy atom. The summed E-state index contributed by atoms with van der Waals surface area (Å²) in [6.07, 6.45) is -5.19. The number of hydrogen-bond donors (Lipinski definition) is 2. The summed E-state index contributed by atoms with van der Waals surface area (Å²) in [6, 6.07) is 0. The molecule has 0 unspecified atom stereocenters. The van der Waals surface area contributed by atoms with E-state index < -0.39 is 12.1 Å². The quantitative estimate of drug-likeness (QED) is 0.627. The van der Waals surface area contributed by atoms with Crippen LogP contribution in [0.5, 0.6) is 0 Å². The van der Waals surface area contributed by atoms with Crippen LogP contribution in [0.15, 0.2) is 0 Å². The second-order valence-corrected chi connectivity index (χ2v) is 4.38. The molecule has 0 bridgehead atoms. The zero-order valence-electron chi connectivity index (χ0n) is 10.1. The molecule has 1 saturated heterocycles. The van der Waals surface area contributed by atoms with Gasteiger partial charge in [-0.3, -0.25) is 0 Å². The number of aliphatic carboxylic acids is 1. The van der Waals surface area contributed by atoms with Gasteiger partial charge in [0.15, 0.2) is 0 Å². The first-order valence-electron chi connectivity index (χ1n) is 5.56. The van der Waals surface area contributed by atoms with Crippen molar-refractivity contribution in [2.24, 2.45) is 5.92 Å². The van der Waals surface area contributed by atoms with Crippen molar-refractivity contribution >= 4 is 5.97 Å². The van der Waals surface area contributed by atoms with Crippen LogP contribution in [0.25, 0.3) is 0 Å². The highest BCUT2D eigenvalue weighted by atomic mass is 19.4. The summed E-state index contributed by atoms with van der Waals surface area (Å²) in [5.74, 6) is -2.15. The average Bonchev–Trinajstić information content (AvgIpc) is 2.17. The van der Waals surface area contributed by atoms with Gasteiger partial charge in [-0.2, -0.15) is 13.2 Å². The van der Waals surface area contributed by atoms with E-state index in [1.807, 2.05) is 0 Å². The van der Waals surface area contributed by atoms with E-state index in [2.05, 4.69) is 19.2 Å². The maximum Gasteiger partial charge on any atom is 0.430 e. The molecular formula is C10H19F3N2O2. The van der Waals surface area contributed by atoms with Gasteiger partial charge in [0.25, 0.3) is 0 Å². The summed E-state index contributed by atoms with van der Waals surface area (Å²) < 4.78 is 31.5. The molecule has 0 aliphatic carbocycles. The lowest BCUT2D eigenvalue weighted by molar-refractivity contribution is -0.904. The molecule has 0 spiro atoms. The predicted octanol–water partition coefficient (Wildman–Crippen LogP) is -1.57. The zero-order chi connectivity index (χ0) is 13.5. The number of carboxylic acids is 1. The normalized spacial score (nSPS) is 17.5. The van der Waals surface area contributed by atoms with Gasteiger partial charge in [-0.05, 0) is 0 Å². The van der Waals surface area contributed by atoms with Crippen LogP contribution in [0.2, 0.25) is 0 Å². The lowest BCUT2D eigenvalue weighted by Gasteiger charge is -2.25. The molecule has 4 nitrogen and oxygen atoms in total. The molecule has 0 aromatic heterocycles. The molecule has 17 heavy (non-hydrogen) atoms. The maximum atomic E-state index is 10.5. The molecule has 2 N–H and O–H groups in total. The van der Waals surface area contributed by atoms with Gasteiger partial charge < -0.3 is 20.1 Å². The largest absolute Gasteiger partial charge is 0.542 e. The van der Waals surface area contributed by atoms with E-state index in [0.29, 0.717) is 0 Å². The van der Waals surface area contributed by atoms with Crippen LogP contribution in [0.1, 0.15) is 13.8 Å². The number of halogens is 3. The molecule has 102 valence electrons. The second-order valence-electron chi connectivity index (χ2n) is 4.38. The third kappa shape index (κ3) is 8.93. The third-order valence-electron chi connectivity index (χ3n) is 2.24. The van der Waals surface area contributed by atoms with Crippen molar-refractivity contribution in [2.45, 2.75) is 20.0 Å². The lowest BCUT2D eigenvalue weighted by Crippen LogP contribution is -3.15. The summed E-state index contributed by atoms with van der Waals surface area (Å²) in [6.45, 7) is 11.0. The highest BCUT2D eigenvalue weighted by molar-refractivity contribution is 5.70. The number of nitrogens with one attached hydrogen (secondary N) is 2. The van der Waals surface area contributed by atoms with E-state index >= 15 is 0 Å². The molecule has 0 aromatic carbocycles. The van der Waals surface area contributed by atoms with E-state index in [4.69, 9.17) is 9.90 Å². The standard InChI is InChI=1S/C8H18N2.C2HF3O2/c1-8(2)7-10-5-3-9-4-6-10;3-2(4,5)1(6)7/h8-9H,3-7H2,1-2H3;(H,6,7). The van der Waals surface area contributed by atoms with Crippen LogP contribution in [-0.4, -0.2) is 44.9 Å². The molecule has 1 fully saturated rings.